The summed E-state index contributed by atoms with van der Waals surface area (Å²) in [5.41, 5.74) is 1.28. The Morgan fingerprint density at radius 2 is 2.09 bits per heavy atom. The normalized spacial score (nSPS) is 13.1. The third kappa shape index (κ3) is 6.85. The largest absolute Gasteiger partial charge is 0.103 e. The Balaban J connectivity index is 3.83. The highest BCUT2D eigenvalue weighted by atomic mass is 13.8. The molecule has 0 rings (SSSR count). The maximum atomic E-state index is 3.65. The second-order valence-corrected chi connectivity index (χ2v) is 2.36. The lowest BCUT2D eigenvalue weighted by Crippen LogP contribution is -1.66. The fraction of sp³-hybridized carbons (Fsp3) is 0.273. The van der Waals surface area contributed by atoms with E-state index in [-0.39, 0.29) is 0 Å². The summed E-state index contributed by atoms with van der Waals surface area (Å²) in [5, 5.41) is 0. The minimum absolute atomic E-state index is 0.950. The molecule has 0 amide bonds. The Kier molecular flexibility index (Phi) is 6.40. The minimum atomic E-state index is 0.950. The molecule has 0 aliphatic heterocycles. The lowest BCUT2D eigenvalue weighted by atomic mass is 10.2. The Morgan fingerprint density at radius 3 is 2.64 bits per heavy atom. The van der Waals surface area contributed by atoms with E-state index in [2.05, 4.69) is 25.7 Å². The zero-order valence-electron chi connectivity index (χ0n) is 7.38. The molecule has 0 N–H and O–H groups in total. The molecular weight excluding hydrogens is 132 g/mol. The van der Waals surface area contributed by atoms with Gasteiger partial charge in [-0.1, -0.05) is 42.0 Å². The van der Waals surface area contributed by atoms with Crippen LogP contribution in [-0.2, 0) is 0 Å². The van der Waals surface area contributed by atoms with Gasteiger partial charge in [0.05, 0.1) is 0 Å². The van der Waals surface area contributed by atoms with Crippen LogP contribution in [0, 0.1) is 0 Å². The van der Waals surface area contributed by atoms with Gasteiger partial charge in [-0.15, -0.1) is 6.58 Å². The van der Waals surface area contributed by atoms with Crippen molar-refractivity contribution in [2.24, 2.45) is 0 Å². The van der Waals surface area contributed by atoms with Gasteiger partial charge in [0.1, 0.15) is 0 Å². The summed E-state index contributed by atoms with van der Waals surface area (Å²) in [4.78, 5) is 0. The number of allylic oxidation sites excluding steroid dienone is 7. The van der Waals surface area contributed by atoms with Crippen molar-refractivity contribution in [2.75, 3.05) is 0 Å². The third-order valence-electron chi connectivity index (χ3n) is 1.27. The zero-order valence-corrected chi connectivity index (χ0v) is 7.38. The van der Waals surface area contributed by atoms with E-state index in [1.807, 2.05) is 31.2 Å². The smallest absolute Gasteiger partial charge is 0.0166 e. The van der Waals surface area contributed by atoms with Crippen LogP contribution in [0.4, 0.5) is 0 Å². The van der Waals surface area contributed by atoms with Gasteiger partial charge in [-0.25, -0.2) is 0 Å². The van der Waals surface area contributed by atoms with Crippen molar-refractivity contribution in [3.8, 4) is 0 Å². The first-order valence-electron chi connectivity index (χ1n) is 3.88. The Bertz CT molecular complexity index is 180. The molecule has 0 bridgehead atoms. The standard InChI is InChI=1S/C11H16/c1-4-6-8-10-11(3)9-7-5-2/h4-6,8-10H,2,7H2,1,3H3/b6-4?,10-8-,11-9+. The molecule has 0 nitrogen and oxygen atoms in total. The highest BCUT2D eigenvalue weighted by Crippen LogP contribution is 1.97. The Morgan fingerprint density at radius 1 is 1.36 bits per heavy atom. The highest BCUT2D eigenvalue weighted by molar-refractivity contribution is 5.20. The molecule has 60 valence electrons. The Hall–Kier alpha value is -1.04. The van der Waals surface area contributed by atoms with Crippen LogP contribution in [-0.4, -0.2) is 0 Å². The van der Waals surface area contributed by atoms with Crippen molar-refractivity contribution in [2.45, 2.75) is 20.3 Å². The third-order valence-corrected chi connectivity index (χ3v) is 1.27. The van der Waals surface area contributed by atoms with E-state index in [1.165, 1.54) is 5.57 Å². The number of hydrogen-bond acceptors (Lipinski definition) is 0. The molecule has 0 heteroatoms. The van der Waals surface area contributed by atoms with Gasteiger partial charge in [0, 0.05) is 0 Å². The molecule has 0 aromatic rings. The first-order valence-corrected chi connectivity index (χ1v) is 3.88. The van der Waals surface area contributed by atoms with Gasteiger partial charge in [-0.05, 0) is 20.3 Å². The van der Waals surface area contributed by atoms with Crippen LogP contribution < -0.4 is 0 Å². The van der Waals surface area contributed by atoms with Crippen LogP contribution >= 0.6 is 0 Å². The maximum absolute atomic E-state index is 3.65. The number of rotatable bonds is 4. The molecule has 0 aromatic heterocycles. The summed E-state index contributed by atoms with van der Waals surface area (Å²) in [6, 6.07) is 0. The molecule has 0 aliphatic carbocycles. The summed E-state index contributed by atoms with van der Waals surface area (Å²) in [6.45, 7) is 7.74. The Labute approximate surface area is 69.6 Å². The fourth-order valence-electron chi connectivity index (χ4n) is 0.656. The van der Waals surface area contributed by atoms with Crippen molar-refractivity contribution in [3.05, 3.63) is 48.6 Å². The lowest BCUT2D eigenvalue weighted by Gasteiger charge is -1.87. The molecule has 0 unspecified atom stereocenters. The SMILES string of the molecule is C=CC/C=C(C)/C=C\C=CC. The average Bonchev–Trinajstić information content (AvgIpc) is 2.01. The molecular formula is C11H16. The van der Waals surface area contributed by atoms with Gasteiger partial charge >= 0.3 is 0 Å². The molecule has 0 heterocycles. The van der Waals surface area contributed by atoms with Crippen LogP contribution in [0.2, 0.25) is 0 Å². The van der Waals surface area contributed by atoms with E-state index in [0.717, 1.165) is 6.42 Å². The minimum Gasteiger partial charge on any atom is -0.103 e. The topological polar surface area (TPSA) is 0 Å². The second kappa shape index (κ2) is 7.07. The monoisotopic (exact) mass is 148 g/mol. The lowest BCUT2D eigenvalue weighted by molar-refractivity contribution is 1.34. The van der Waals surface area contributed by atoms with Crippen molar-refractivity contribution < 1.29 is 0 Å². The van der Waals surface area contributed by atoms with Crippen molar-refractivity contribution >= 4 is 0 Å². The van der Waals surface area contributed by atoms with E-state index in [1.54, 1.807) is 0 Å². The van der Waals surface area contributed by atoms with Crippen LogP contribution in [0.1, 0.15) is 20.3 Å². The average molecular weight is 148 g/mol. The van der Waals surface area contributed by atoms with Crippen molar-refractivity contribution in [1.82, 2.24) is 0 Å². The summed E-state index contributed by atoms with van der Waals surface area (Å²) in [7, 11) is 0. The van der Waals surface area contributed by atoms with Gasteiger partial charge in [0.2, 0.25) is 0 Å². The first kappa shape index (κ1) is 9.96. The van der Waals surface area contributed by atoms with Crippen LogP contribution in [0.5, 0.6) is 0 Å². The molecule has 0 aromatic carbocycles. The molecule has 0 spiro atoms. The van der Waals surface area contributed by atoms with Crippen LogP contribution in [0.25, 0.3) is 0 Å². The van der Waals surface area contributed by atoms with E-state index < -0.39 is 0 Å². The highest BCUT2D eigenvalue weighted by Gasteiger charge is 1.76. The second-order valence-electron chi connectivity index (χ2n) is 2.36. The summed E-state index contributed by atoms with van der Waals surface area (Å²) < 4.78 is 0. The van der Waals surface area contributed by atoms with Gasteiger partial charge < -0.3 is 0 Å². The molecule has 11 heavy (non-hydrogen) atoms. The molecule has 0 fully saturated rings. The predicted octanol–water partition coefficient (Wildman–Crippen LogP) is 3.64. The van der Waals surface area contributed by atoms with Gasteiger partial charge in [0.15, 0.2) is 0 Å². The van der Waals surface area contributed by atoms with E-state index >= 15 is 0 Å². The molecule has 0 atom stereocenters. The van der Waals surface area contributed by atoms with Gasteiger partial charge in [0.25, 0.3) is 0 Å². The van der Waals surface area contributed by atoms with E-state index in [9.17, 15) is 0 Å². The van der Waals surface area contributed by atoms with Gasteiger partial charge in [-0.2, -0.15) is 0 Å². The van der Waals surface area contributed by atoms with Gasteiger partial charge in [-0.3, -0.25) is 0 Å². The molecule has 0 saturated heterocycles. The van der Waals surface area contributed by atoms with Crippen molar-refractivity contribution in [1.29, 1.82) is 0 Å². The van der Waals surface area contributed by atoms with E-state index in [0.29, 0.717) is 0 Å². The van der Waals surface area contributed by atoms with Crippen molar-refractivity contribution in [3.63, 3.8) is 0 Å². The molecule has 0 radical (unpaired) electrons. The fourth-order valence-corrected chi connectivity index (χ4v) is 0.656. The first-order chi connectivity index (χ1) is 5.31. The summed E-state index contributed by atoms with van der Waals surface area (Å²) in [6.07, 6.45) is 13.1. The maximum Gasteiger partial charge on any atom is -0.0166 e. The van der Waals surface area contributed by atoms with E-state index in [4.69, 9.17) is 0 Å². The summed E-state index contributed by atoms with van der Waals surface area (Å²) in [5.74, 6) is 0. The zero-order chi connectivity index (χ0) is 8.53. The van der Waals surface area contributed by atoms with Crippen LogP contribution in [0.3, 0.4) is 0 Å². The molecule has 0 aliphatic rings. The molecule has 0 saturated carbocycles. The number of hydrogen-bond donors (Lipinski definition) is 0. The quantitative estimate of drug-likeness (QED) is 0.422. The summed E-state index contributed by atoms with van der Waals surface area (Å²) >= 11 is 0. The predicted molar refractivity (Wildman–Crippen MR) is 52.5 cm³/mol. The van der Waals surface area contributed by atoms with Crippen LogP contribution in [0.15, 0.2) is 48.6 Å².